The first-order chi connectivity index (χ1) is 2.93. The van der Waals surface area contributed by atoms with Gasteiger partial charge in [-0.15, -0.1) is 0 Å². The van der Waals surface area contributed by atoms with Crippen LogP contribution in [-0.2, 0) is 17.1 Å². The van der Waals surface area contributed by atoms with Gasteiger partial charge >= 0.3 is 0 Å². The second-order valence-electron chi connectivity index (χ2n) is 1.77. The van der Waals surface area contributed by atoms with Crippen LogP contribution in [0.4, 0.5) is 0 Å². The fourth-order valence-electron chi connectivity index (χ4n) is 0.565. The van der Waals surface area contributed by atoms with E-state index < -0.39 is 0 Å². The molecule has 0 spiro atoms. The second kappa shape index (κ2) is 3.29. The van der Waals surface area contributed by atoms with E-state index >= 15 is 0 Å². The molecule has 1 saturated carbocycles. The molecule has 1 rings (SSSR count). The van der Waals surface area contributed by atoms with Crippen molar-refractivity contribution < 1.29 is 17.1 Å². The molecule has 0 saturated heterocycles. The van der Waals surface area contributed by atoms with Crippen LogP contribution in [0.25, 0.3) is 0 Å². The van der Waals surface area contributed by atoms with Gasteiger partial charge in [-0.25, -0.2) is 0 Å². The number of allylic oxidation sites excluding steroid dienone is 2. The molecule has 0 aromatic heterocycles. The zero-order valence-electron chi connectivity index (χ0n) is 4.50. The van der Waals surface area contributed by atoms with Gasteiger partial charge in [-0.1, -0.05) is 18.6 Å². The summed E-state index contributed by atoms with van der Waals surface area (Å²) >= 11 is 0. The summed E-state index contributed by atoms with van der Waals surface area (Å²) < 4.78 is 0. The fraction of sp³-hybridized carbons (Fsp3) is 0.667. The standard InChI is InChI=1S/C6H10.Cu/c1-2-3-6-4-5-6;/h3H,2,4-5H2,1H3;. The summed E-state index contributed by atoms with van der Waals surface area (Å²) in [5.74, 6) is 0. The third-order valence-corrected chi connectivity index (χ3v) is 1.03. The van der Waals surface area contributed by atoms with Gasteiger partial charge in [-0.3, -0.25) is 0 Å². The van der Waals surface area contributed by atoms with Crippen molar-refractivity contribution in [1.82, 2.24) is 0 Å². The maximum absolute atomic E-state index is 2.32. The van der Waals surface area contributed by atoms with Gasteiger partial charge in [0.25, 0.3) is 0 Å². The predicted octanol–water partition coefficient (Wildman–Crippen LogP) is 2.11. The Morgan fingerprint density at radius 3 is 2.29 bits per heavy atom. The Morgan fingerprint density at radius 1 is 1.57 bits per heavy atom. The van der Waals surface area contributed by atoms with Gasteiger partial charge in [0.1, 0.15) is 0 Å². The molecule has 1 radical (unpaired) electrons. The molecule has 0 nitrogen and oxygen atoms in total. The van der Waals surface area contributed by atoms with E-state index in [0.717, 1.165) is 0 Å². The monoisotopic (exact) mass is 145 g/mol. The van der Waals surface area contributed by atoms with Crippen molar-refractivity contribution in [2.75, 3.05) is 0 Å². The largest absolute Gasteiger partial charge is 0.0856 e. The third kappa shape index (κ3) is 2.90. The molecule has 0 aromatic rings. The quantitative estimate of drug-likeness (QED) is 0.392. The molecule has 1 aliphatic carbocycles. The van der Waals surface area contributed by atoms with Gasteiger partial charge in [0, 0.05) is 17.1 Å². The molecular formula is C6H10Cu. The van der Waals surface area contributed by atoms with Gasteiger partial charge in [0.15, 0.2) is 0 Å². The first-order valence-electron chi connectivity index (χ1n) is 2.61. The molecule has 45 valence electrons. The Hall–Kier alpha value is 0.259. The number of hydrogen-bond donors (Lipinski definition) is 0. The van der Waals surface area contributed by atoms with Crippen molar-refractivity contribution in [1.29, 1.82) is 0 Å². The molecule has 1 heteroatoms. The maximum atomic E-state index is 2.32. The van der Waals surface area contributed by atoms with E-state index in [1.165, 1.54) is 19.3 Å². The van der Waals surface area contributed by atoms with E-state index in [1.807, 2.05) is 0 Å². The van der Waals surface area contributed by atoms with Crippen LogP contribution >= 0.6 is 0 Å². The summed E-state index contributed by atoms with van der Waals surface area (Å²) in [7, 11) is 0. The Bertz CT molecular complexity index is 68.2. The second-order valence-corrected chi connectivity index (χ2v) is 1.77. The van der Waals surface area contributed by atoms with E-state index in [-0.39, 0.29) is 17.1 Å². The minimum absolute atomic E-state index is 0. The molecule has 0 unspecified atom stereocenters. The summed E-state index contributed by atoms with van der Waals surface area (Å²) in [6.45, 7) is 2.19. The van der Waals surface area contributed by atoms with Crippen molar-refractivity contribution in [2.24, 2.45) is 0 Å². The molecule has 0 N–H and O–H groups in total. The van der Waals surface area contributed by atoms with Crippen molar-refractivity contribution >= 4 is 0 Å². The van der Waals surface area contributed by atoms with Crippen molar-refractivity contribution in [3.63, 3.8) is 0 Å². The third-order valence-electron chi connectivity index (χ3n) is 1.03. The van der Waals surface area contributed by atoms with Crippen LogP contribution in [0.2, 0.25) is 0 Å². The SMILES string of the molecule is CCC=C1CC1.[Cu]. The van der Waals surface area contributed by atoms with Gasteiger partial charge in [0.05, 0.1) is 0 Å². The minimum Gasteiger partial charge on any atom is -0.0856 e. The molecule has 0 aromatic carbocycles. The van der Waals surface area contributed by atoms with Crippen molar-refractivity contribution in [3.05, 3.63) is 11.6 Å². The smallest absolute Gasteiger partial charge is 0 e. The van der Waals surface area contributed by atoms with Crippen LogP contribution in [-0.4, -0.2) is 0 Å². The average molecular weight is 146 g/mol. The topological polar surface area (TPSA) is 0 Å². The van der Waals surface area contributed by atoms with Gasteiger partial charge in [-0.2, -0.15) is 0 Å². The van der Waals surface area contributed by atoms with Crippen LogP contribution in [0.15, 0.2) is 11.6 Å². The van der Waals surface area contributed by atoms with Crippen LogP contribution in [0.5, 0.6) is 0 Å². The zero-order valence-corrected chi connectivity index (χ0v) is 5.44. The summed E-state index contributed by atoms with van der Waals surface area (Å²) in [5.41, 5.74) is 1.66. The Morgan fingerprint density at radius 2 is 2.14 bits per heavy atom. The maximum Gasteiger partial charge on any atom is 0 e. The van der Waals surface area contributed by atoms with E-state index in [1.54, 1.807) is 5.57 Å². The first kappa shape index (κ1) is 7.26. The van der Waals surface area contributed by atoms with Crippen LogP contribution in [0, 0.1) is 0 Å². The molecule has 1 fully saturated rings. The Kier molecular flexibility index (Phi) is 3.41. The van der Waals surface area contributed by atoms with Crippen molar-refractivity contribution in [3.8, 4) is 0 Å². The Balaban J connectivity index is 0.000000360. The number of rotatable bonds is 1. The van der Waals surface area contributed by atoms with Crippen LogP contribution < -0.4 is 0 Å². The normalized spacial score (nSPS) is 15.3. The van der Waals surface area contributed by atoms with E-state index in [4.69, 9.17) is 0 Å². The van der Waals surface area contributed by atoms with E-state index in [9.17, 15) is 0 Å². The summed E-state index contributed by atoms with van der Waals surface area (Å²) in [4.78, 5) is 0. The molecule has 0 heterocycles. The molecule has 0 bridgehead atoms. The van der Waals surface area contributed by atoms with Gasteiger partial charge < -0.3 is 0 Å². The summed E-state index contributed by atoms with van der Waals surface area (Å²) in [6.07, 6.45) is 6.32. The van der Waals surface area contributed by atoms with Crippen LogP contribution in [0.1, 0.15) is 26.2 Å². The van der Waals surface area contributed by atoms with Crippen molar-refractivity contribution in [2.45, 2.75) is 26.2 Å². The van der Waals surface area contributed by atoms with Gasteiger partial charge in [0.2, 0.25) is 0 Å². The molecule has 1 aliphatic rings. The van der Waals surface area contributed by atoms with Gasteiger partial charge in [-0.05, 0) is 19.3 Å². The fourth-order valence-corrected chi connectivity index (χ4v) is 0.565. The molecule has 0 atom stereocenters. The van der Waals surface area contributed by atoms with Crippen LogP contribution in [0.3, 0.4) is 0 Å². The summed E-state index contributed by atoms with van der Waals surface area (Å²) in [5, 5.41) is 0. The Labute approximate surface area is 55.5 Å². The zero-order chi connectivity index (χ0) is 4.41. The molecule has 0 aliphatic heterocycles. The molecule has 7 heavy (non-hydrogen) atoms. The van der Waals surface area contributed by atoms with E-state index in [2.05, 4.69) is 13.0 Å². The predicted molar refractivity (Wildman–Crippen MR) is 27.6 cm³/mol. The minimum atomic E-state index is 0. The average Bonchev–Trinajstić information content (AvgIpc) is 2.21. The first-order valence-corrected chi connectivity index (χ1v) is 2.61. The summed E-state index contributed by atoms with van der Waals surface area (Å²) in [6, 6.07) is 0. The van der Waals surface area contributed by atoms with E-state index in [0.29, 0.717) is 0 Å². The molecule has 0 amide bonds. The molecular weight excluding hydrogens is 136 g/mol. The number of hydrogen-bond acceptors (Lipinski definition) is 0.